The number of carbonyl (C=O) groups is 3. The van der Waals surface area contributed by atoms with Crippen LogP contribution in [0.3, 0.4) is 0 Å². The summed E-state index contributed by atoms with van der Waals surface area (Å²) in [6.45, 7) is 0.887. The fourth-order valence-corrected chi connectivity index (χ4v) is 3.36. The Morgan fingerprint density at radius 1 is 1.00 bits per heavy atom. The number of halogens is 1. The molecule has 28 heavy (non-hydrogen) atoms. The van der Waals surface area contributed by atoms with Gasteiger partial charge in [-0.1, -0.05) is 18.2 Å². The highest BCUT2D eigenvalue weighted by atomic mass is 35.5. The predicted molar refractivity (Wildman–Crippen MR) is 107 cm³/mol. The van der Waals surface area contributed by atoms with Crippen molar-refractivity contribution in [3.8, 4) is 0 Å². The summed E-state index contributed by atoms with van der Waals surface area (Å²) in [4.78, 5) is 39.0. The van der Waals surface area contributed by atoms with E-state index in [4.69, 9.17) is 10.5 Å². The van der Waals surface area contributed by atoms with Gasteiger partial charge in [0.2, 0.25) is 5.91 Å². The lowest BCUT2D eigenvalue weighted by atomic mass is 9.90. The maximum absolute atomic E-state index is 12.6. The maximum atomic E-state index is 12.6. The molecule has 0 bridgehead atoms. The van der Waals surface area contributed by atoms with Crippen molar-refractivity contribution in [2.75, 3.05) is 23.4 Å². The Morgan fingerprint density at radius 2 is 1.61 bits per heavy atom. The molecule has 0 aromatic heterocycles. The quantitative estimate of drug-likeness (QED) is 0.769. The second kappa shape index (κ2) is 7.71. The van der Waals surface area contributed by atoms with E-state index in [0.29, 0.717) is 48.6 Å². The van der Waals surface area contributed by atoms with Gasteiger partial charge in [0.05, 0.1) is 16.8 Å². The zero-order valence-electron chi connectivity index (χ0n) is 15.0. The van der Waals surface area contributed by atoms with Gasteiger partial charge in [-0.2, -0.15) is 0 Å². The van der Waals surface area contributed by atoms with Crippen molar-refractivity contribution in [3.63, 3.8) is 0 Å². The average molecular weight is 402 g/mol. The van der Waals surface area contributed by atoms with Crippen molar-refractivity contribution in [1.29, 1.82) is 0 Å². The predicted octanol–water partition coefficient (Wildman–Crippen LogP) is 2.36. The van der Waals surface area contributed by atoms with Crippen LogP contribution in [-0.4, -0.2) is 36.5 Å². The lowest BCUT2D eigenvalue weighted by Gasteiger charge is -2.31. The van der Waals surface area contributed by atoms with Crippen LogP contribution < -0.4 is 16.0 Å². The minimum absolute atomic E-state index is 0. The van der Waals surface area contributed by atoms with E-state index < -0.39 is 5.54 Å². The lowest BCUT2D eigenvalue weighted by molar-refractivity contribution is -0.124. The van der Waals surface area contributed by atoms with Gasteiger partial charge < -0.3 is 15.8 Å². The number of benzene rings is 2. The van der Waals surface area contributed by atoms with E-state index in [1.807, 2.05) is 0 Å². The number of hydrogen-bond donors (Lipinski definition) is 2. The fraction of sp³-hybridized carbons (Fsp3) is 0.250. The normalized spacial score (nSPS) is 17.7. The second-order valence-corrected chi connectivity index (χ2v) is 6.76. The van der Waals surface area contributed by atoms with Crippen LogP contribution in [0.1, 0.15) is 33.6 Å². The van der Waals surface area contributed by atoms with Gasteiger partial charge in [0.1, 0.15) is 5.54 Å². The first-order valence-electron chi connectivity index (χ1n) is 8.76. The Morgan fingerprint density at radius 3 is 2.21 bits per heavy atom. The van der Waals surface area contributed by atoms with Gasteiger partial charge in [-0.05, 0) is 43.2 Å². The number of nitrogens with two attached hydrogens (primary N) is 1. The molecule has 0 atom stereocenters. The van der Waals surface area contributed by atoms with Crippen LogP contribution in [0, 0.1) is 0 Å². The van der Waals surface area contributed by atoms with Crippen LogP contribution in [0.25, 0.3) is 0 Å². The first-order valence-corrected chi connectivity index (χ1v) is 8.76. The molecule has 8 heteroatoms. The van der Waals surface area contributed by atoms with Crippen molar-refractivity contribution in [2.45, 2.75) is 18.4 Å². The Balaban J connectivity index is 0.00000225. The van der Waals surface area contributed by atoms with Crippen molar-refractivity contribution in [1.82, 2.24) is 0 Å². The van der Waals surface area contributed by atoms with Crippen LogP contribution >= 0.6 is 12.4 Å². The minimum atomic E-state index is -0.982. The molecule has 0 spiro atoms. The lowest BCUT2D eigenvalue weighted by Crippen LogP contribution is -2.54. The number of imide groups is 1. The summed E-state index contributed by atoms with van der Waals surface area (Å²) in [5.74, 6) is -1.05. The highest BCUT2D eigenvalue weighted by Gasteiger charge is 2.37. The van der Waals surface area contributed by atoms with Gasteiger partial charge in [0.15, 0.2) is 0 Å². The molecule has 3 amide bonds. The van der Waals surface area contributed by atoms with Gasteiger partial charge in [-0.25, -0.2) is 4.90 Å². The molecule has 7 nitrogen and oxygen atoms in total. The number of carbonyl (C=O) groups excluding carboxylic acids is 3. The molecule has 2 aromatic carbocycles. The van der Waals surface area contributed by atoms with Gasteiger partial charge in [0.25, 0.3) is 11.8 Å². The molecule has 0 unspecified atom stereocenters. The van der Waals surface area contributed by atoms with Crippen molar-refractivity contribution in [2.24, 2.45) is 5.73 Å². The number of nitrogens with zero attached hydrogens (tertiary/aromatic N) is 1. The molecule has 4 rings (SSSR count). The van der Waals surface area contributed by atoms with Crippen molar-refractivity contribution < 1.29 is 19.1 Å². The van der Waals surface area contributed by atoms with Gasteiger partial charge in [0, 0.05) is 18.9 Å². The van der Waals surface area contributed by atoms with E-state index in [9.17, 15) is 14.4 Å². The summed E-state index contributed by atoms with van der Waals surface area (Å²) in [5.41, 5.74) is 6.85. The molecule has 1 saturated heterocycles. The average Bonchev–Trinajstić information content (AvgIpc) is 2.93. The molecule has 2 heterocycles. The van der Waals surface area contributed by atoms with Crippen molar-refractivity contribution in [3.05, 3.63) is 59.7 Å². The van der Waals surface area contributed by atoms with E-state index in [1.165, 1.54) is 0 Å². The highest BCUT2D eigenvalue weighted by Crippen LogP contribution is 2.30. The van der Waals surface area contributed by atoms with E-state index in [0.717, 1.165) is 4.90 Å². The third-order valence-electron chi connectivity index (χ3n) is 4.99. The SMILES string of the molecule is Cl.NC1(C(=O)Nc2cccc(N3C(=O)c4ccccc4C3=O)c2)CCOCC1. The zero-order chi connectivity index (χ0) is 19.0. The Bertz CT molecular complexity index is 906. The van der Waals surface area contributed by atoms with Gasteiger partial charge in [-0.15, -0.1) is 12.4 Å². The Hall–Kier alpha value is -2.74. The summed E-state index contributed by atoms with van der Waals surface area (Å²) >= 11 is 0. The molecular weight excluding hydrogens is 382 g/mol. The Labute approximate surface area is 168 Å². The molecule has 2 aliphatic heterocycles. The van der Waals surface area contributed by atoms with E-state index in [1.54, 1.807) is 48.5 Å². The zero-order valence-corrected chi connectivity index (χ0v) is 15.8. The first kappa shape index (κ1) is 20.0. The molecule has 2 aliphatic rings. The van der Waals surface area contributed by atoms with Gasteiger partial charge >= 0.3 is 0 Å². The molecule has 0 aliphatic carbocycles. The molecule has 0 radical (unpaired) electrons. The summed E-state index contributed by atoms with van der Waals surface area (Å²) in [5, 5.41) is 2.80. The summed E-state index contributed by atoms with van der Waals surface area (Å²) < 4.78 is 5.26. The smallest absolute Gasteiger partial charge is 0.266 e. The number of rotatable bonds is 3. The summed E-state index contributed by atoms with van der Waals surface area (Å²) in [6.07, 6.45) is 0.883. The summed E-state index contributed by atoms with van der Waals surface area (Å²) in [6, 6.07) is 13.3. The number of hydrogen-bond acceptors (Lipinski definition) is 5. The van der Waals surface area contributed by atoms with Crippen LogP contribution in [0.15, 0.2) is 48.5 Å². The highest BCUT2D eigenvalue weighted by molar-refractivity contribution is 6.34. The molecule has 0 saturated carbocycles. The standard InChI is InChI=1S/C20H19N3O4.ClH/c21-20(8-10-27-11-9-20)19(26)22-13-4-3-5-14(12-13)23-17(24)15-6-1-2-7-16(15)18(23)25;/h1-7,12H,8-11,21H2,(H,22,26);1H. The second-order valence-electron chi connectivity index (χ2n) is 6.76. The topological polar surface area (TPSA) is 102 Å². The number of nitrogens with one attached hydrogen (secondary N) is 1. The molecule has 146 valence electrons. The molecule has 1 fully saturated rings. The van der Waals surface area contributed by atoms with E-state index >= 15 is 0 Å². The molecule has 2 aromatic rings. The number of amides is 3. The van der Waals surface area contributed by atoms with Crippen LogP contribution in [0.4, 0.5) is 11.4 Å². The van der Waals surface area contributed by atoms with Crippen LogP contribution in [0.2, 0.25) is 0 Å². The van der Waals surface area contributed by atoms with Crippen LogP contribution in [0.5, 0.6) is 0 Å². The Kier molecular flexibility index (Phi) is 5.51. The number of fused-ring (bicyclic) bond motifs is 1. The van der Waals surface area contributed by atoms with Gasteiger partial charge in [-0.3, -0.25) is 14.4 Å². The van der Waals surface area contributed by atoms with E-state index in [-0.39, 0.29) is 30.1 Å². The van der Waals surface area contributed by atoms with E-state index in [2.05, 4.69) is 5.32 Å². The third kappa shape index (κ3) is 3.40. The molecule has 3 N–H and O–H groups in total. The maximum Gasteiger partial charge on any atom is 0.266 e. The fourth-order valence-electron chi connectivity index (χ4n) is 3.36. The third-order valence-corrected chi connectivity index (χ3v) is 4.99. The minimum Gasteiger partial charge on any atom is -0.381 e. The monoisotopic (exact) mass is 401 g/mol. The first-order chi connectivity index (χ1) is 13.0. The largest absolute Gasteiger partial charge is 0.381 e. The van der Waals surface area contributed by atoms with Crippen molar-refractivity contribution >= 4 is 41.5 Å². The van der Waals surface area contributed by atoms with Crippen LogP contribution in [-0.2, 0) is 9.53 Å². The summed E-state index contributed by atoms with van der Waals surface area (Å²) in [7, 11) is 0. The molecular formula is C20H20ClN3O4. The number of anilines is 2. The number of ether oxygens (including phenoxy) is 1.